The monoisotopic (exact) mass is 287 g/mol. The van der Waals surface area contributed by atoms with Crippen molar-refractivity contribution in [3.63, 3.8) is 0 Å². The van der Waals surface area contributed by atoms with E-state index in [-0.39, 0.29) is 24.1 Å². The molecule has 0 bridgehead atoms. The van der Waals surface area contributed by atoms with Crippen LogP contribution in [0.5, 0.6) is 0 Å². The van der Waals surface area contributed by atoms with Crippen LogP contribution in [0.3, 0.4) is 0 Å². The topological polar surface area (TPSA) is 29.1 Å². The van der Waals surface area contributed by atoms with Crippen molar-refractivity contribution in [1.82, 2.24) is 5.32 Å². The van der Waals surface area contributed by atoms with E-state index in [2.05, 4.69) is 19.2 Å². The van der Waals surface area contributed by atoms with Gasteiger partial charge < -0.3 is 5.32 Å². The standard InChI is InChI=1S/C14H18ClNO.ClH/c1-9-7-16-8-10(2)13(9)14(17)11-3-5-12(15)6-4-11;/h3-6,9-10,13,16H,7-8H2,1-2H3;1H. The largest absolute Gasteiger partial charge is 0.316 e. The lowest BCUT2D eigenvalue weighted by molar-refractivity contribution is 0.0779. The van der Waals surface area contributed by atoms with Crippen LogP contribution < -0.4 is 5.32 Å². The third kappa shape index (κ3) is 3.25. The van der Waals surface area contributed by atoms with Crippen molar-refractivity contribution in [3.8, 4) is 0 Å². The Balaban J connectivity index is 0.00000162. The fourth-order valence-corrected chi connectivity index (χ4v) is 2.80. The number of benzene rings is 1. The van der Waals surface area contributed by atoms with E-state index >= 15 is 0 Å². The van der Waals surface area contributed by atoms with Gasteiger partial charge in [0.2, 0.25) is 0 Å². The summed E-state index contributed by atoms with van der Waals surface area (Å²) in [5, 5.41) is 4.03. The maximum Gasteiger partial charge on any atom is 0.166 e. The second-order valence-electron chi connectivity index (χ2n) is 5.01. The van der Waals surface area contributed by atoms with E-state index in [1.807, 2.05) is 12.1 Å². The normalized spacial score (nSPS) is 27.4. The van der Waals surface area contributed by atoms with Crippen LogP contribution in [0.15, 0.2) is 24.3 Å². The van der Waals surface area contributed by atoms with E-state index in [9.17, 15) is 4.79 Å². The van der Waals surface area contributed by atoms with E-state index in [4.69, 9.17) is 11.6 Å². The highest BCUT2D eigenvalue weighted by molar-refractivity contribution is 6.30. The molecule has 1 fully saturated rings. The minimum Gasteiger partial charge on any atom is -0.316 e. The van der Waals surface area contributed by atoms with E-state index in [0.717, 1.165) is 18.7 Å². The van der Waals surface area contributed by atoms with Gasteiger partial charge in [0.05, 0.1) is 0 Å². The summed E-state index contributed by atoms with van der Waals surface area (Å²) in [6.45, 7) is 6.13. The molecular weight excluding hydrogens is 269 g/mol. The number of ketones is 1. The van der Waals surface area contributed by atoms with E-state index in [0.29, 0.717) is 16.9 Å². The molecule has 0 aromatic heterocycles. The summed E-state index contributed by atoms with van der Waals surface area (Å²) in [7, 11) is 0. The van der Waals surface area contributed by atoms with E-state index in [1.165, 1.54) is 0 Å². The highest BCUT2D eigenvalue weighted by atomic mass is 35.5. The predicted molar refractivity (Wildman–Crippen MR) is 77.7 cm³/mol. The van der Waals surface area contributed by atoms with Crippen molar-refractivity contribution in [2.24, 2.45) is 17.8 Å². The van der Waals surface area contributed by atoms with Crippen LogP contribution in [0.2, 0.25) is 5.02 Å². The first kappa shape index (κ1) is 15.5. The third-order valence-electron chi connectivity index (χ3n) is 3.59. The average Bonchev–Trinajstić information content (AvgIpc) is 2.29. The molecule has 0 amide bonds. The molecule has 2 nitrogen and oxygen atoms in total. The van der Waals surface area contributed by atoms with E-state index in [1.54, 1.807) is 12.1 Å². The fourth-order valence-electron chi connectivity index (χ4n) is 2.68. The zero-order valence-corrected chi connectivity index (χ0v) is 12.2. The Kier molecular flexibility index (Phi) is 5.64. The Morgan fingerprint density at radius 1 is 1.17 bits per heavy atom. The molecule has 0 aliphatic carbocycles. The third-order valence-corrected chi connectivity index (χ3v) is 3.84. The summed E-state index contributed by atoms with van der Waals surface area (Å²) in [4.78, 5) is 12.5. The Bertz CT molecular complexity index is 395. The molecule has 18 heavy (non-hydrogen) atoms. The van der Waals surface area contributed by atoms with Crippen LogP contribution >= 0.6 is 24.0 Å². The number of halogens is 2. The van der Waals surface area contributed by atoms with Gasteiger partial charge in [0, 0.05) is 16.5 Å². The molecule has 4 heteroatoms. The Labute approximate surface area is 120 Å². The molecule has 1 heterocycles. The second-order valence-corrected chi connectivity index (χ2v) is 5.45. The first-order valence-corrected chi connectivity index (χ1v) is 6.48. The second kappa shape index (κ2) is 6.55. The van der Waals surface area contributed by atoms with Crippen LogP contribution in [0.25, 0.3) is 0 Å². The van der Waals surface area contributed by atoms with Gasteiger partial charge in [-0.3, -0.25) is 4.79 Å². The van der Waals surface area contributed by atoms with Crippen molar-refractivity contribution in [2.75, 3.05) is 13.1 Å². The zero-order valence-electron chi connectivity index (χ0n) is 10.7. The van der Waals surface area contributed by atoms with Gasteiger partial charge in [-0.2, -0.15) is 0 Å². The van der Waals surface area contributed by atoms with Gasteiger partial charge >= 0.3 is 0 Å². The lowest BCUT2D eigenvalue weighted by Crippen LogP contribution is -2.44. The highest BCUT2D eigenvalue weighted by Crippen LogP contribution is 2.28. The maximum atomic E-state index is 12.5. The van der Waals surface area contributed by atoms with Crippen molar-refractivity contribution >= 4 is 29.8 Å². The molecule has 1 aromatic carbocycles. The number of hydrogen-bond donors (Lipinski definition) is 1. The summed E-state index contributed by atoms with van der Waals surface area (Å²) in [6, 6.07) is 7.22. The number of carbonyl (C=O) groups is 1. The number of hydrogen-bond acceptors (Lipinski definition) is 2. The Morgan fingerprint density at radius 2 is 1.67 bits per heavy atom. The van der Waals surface area contributed by atoms with Gasteiger partial charge in [0.15, 0.2) is 5.78 Å². The summed E-state index contributed by atoms with van der Waals surface area (Å²) in [6.07, 6.45) is 0. The molecule has 0 saturated carbocycles. The van der Waals surface area contributed by atoms with Crippen LogP contribution in [-0.2, 0) is 0 Å². The van der Waals surface area contributed by atoms with Crippen LogP contribution in [0, 0.1) is 17.8 Å². The average molecular weight is 288 g/mol. The minimum atomic E-state index is 0. The van der Waals surface area contributed by atoms with Crippen molar-refractivity contribution in [1.29, 1.82) is 0 Å². The predicted octanol–water partition coefficient (Wildman–Crippen LogP) is 3.44. The summed E-state index contributed by atoms with van der Waals surface area (Å²) < 4.78 is 0. The van der Waals surface area contributed by atoms with Crippen LogP contribution in [0.4, 0.5) is 0 Å². The van der Waals surface area contributed by atoms with E-state index < -0.39 is 0 Å². The number of rotatable bonds is 2. The fraction of sp³-hybridized carbons (Fsp3) is 0.500. The van der Waals surface area contributed by atoms with Crippen molar-refractivity contribution in [2.45, 2.75) is 13.8 Å². The lowest BCUT2D eigenvalue weighted by atomic mass is 9.76. The van der Waals surface area contributed by atoms with Crippen LogP contribution in [0.1, 0.15) is 24.2 Å². The molecule has 0 spiro atoms. The maximum absolute atomic E-state index is 12.5. The SMILES string of the molecule is CC1CNCC(C)C1C(=O)c1ccc(Cl)cc1.Cl. The van der Waals surface area contributed by atoms with Gasteiger partial charge in [-0.05, 0) is 49.2 Å². The molecule has 2 atom stereocenters. The van der Waals surface area contributed by atoms with Crippen molar-refractivity contribution < 1.29 is 4.79 Å². The van der Waals surface area contributed by atoms with Crippen LogP contribution in [-0.4, -0.2) is 18.9 Å². The minimum absolute atomic E-state index is 0. The first-order valence-electron chi connectivity index (χ1n) is 6.10. The first-order chi connectivity index (χ1) is 8.09. The quantitative estimate of drug-likeness (QED) is 0.845. The smallest absolute Gasteiger partial charge is 0.166 e. The number of nitrogens with one attached hydrogen (secondary N) is 1. The molecule has 1 saturated heterocycles. The van der Waals surface area contributed by atoms with Gasteiger partial charge in [-0.25, -0.2) is 0 Å². The molecular formula is C14H19Cl2NO. The molecule has 1 aliphatic heterocycles. The number of Topliss-reactive ketones (excluding diaryl/α,β-unsaturated/α-hetero) is 1. The number of carbonyl (C=O) groups excluding carboxylic acids is 1. The van der Waals surface area contributed by atoms with Gasteiger partial charge in [0.25, 0.3) is 0 Å². The molecule has 2 unspecified atom stereocenters. The summed E-state index contributed by atoms with van der Waals surface area (Å²) >= 11 is 5.84. The molecule has 2 rings (SSSR count). The van der Waals surface area contributed by atoms with Crippen molar-refractivity contribution in [3.05, 3.63) is 34.9 Å². The number of piperidine rings is 1. The molecule has 100 valence electrons. The Morgan fingerprint density at radius 3 is 2.17 bits per heavy atom. The zero-order chi connectivity index (χ0) is 12.4. The van der Waals surface area contributed by atoms with Gasteiger partial charge in [-0.15, -0.1) is 12.4 Å². The summed E-state index contributed by atoms with van der Waals surface area (Å²) in [5.74, 6) is 1.16. The molecule has 0 radical (unpaired) electrons. The molecule has 1 N–H and O–H groups in total. The lowest BCUT2D eigenvalue weighted by Gasteiger charge is -2.34. The summed E-state index contributed by atoms with van der Waals surface area (Å²) in [5.41, 5.74) is 0.778. The molecule has 1 aliphatic rings. The Hall–Kier alpha value is -0.570. The molecule has 1 aromatic rings. The van der Waals surface area contributed by atoms with Gasteiger partial charge in [0.1, 0.15) is 0 Å². The highest BCUT2D eigenvalue weighted by Gasteiger charge is 2.33. The van der Waals surface area contributed by atoms with Gasteiger partial charge in [-0.1, -0.05) is 25.4 Å².